The van der Waals surface area contributed by atoms with Gasteiger partial charge in [-0.25, -0.2) is 0 Å². The van der Waals surface area contributed by atoms with Gasteiger partial charge in [-0.05, 0) is 24.3 Å². The first-order valence-corrected chi connectivity index (χ1v) is 10.3. The van der Waals surface area contributed by atoms with Crippen molar-refractivity contribution >= 4 is 40.2 Å². The number of rotatable bonds is 9. The van der Waals surface area contributed by atoms with Crippen LogP contribution in [0.3, 0.4) is 0 Å². The Kier molecular flexibility index (Phi) is 8.00. The molecule has 9 nitrogen and oxygen atoms in total. The Morgan fingerprint density at radius 3 is 2.61 bits per heavy atom. The Balaban J connectivity index is 2.33. The van der Waals surface area contributed by atoms with Gasteiger partial charge in [0.15, 0.2) is 5.69 Å². The molecule has 1 aromatic heterocycles. The number of benzene rings is 1. The topological polar surface area (TPSA) is 143 Å². The van der Waals surface area contributed by atoms with E-state index in [1.807, 2.05) is 0 Å². The van der Waals surface area contributed by atoms with Crippen molar-refractivity contribution in [3.8, 4) is 6.07 Å². The van der Waals surface area contributed by atoms with Crippen LogP contribution in [0.15, 0.2) is 18.2 Å². The van der Waals surface area contributed by atoms with E-state index in [9.17, 15) is 14.4 Å². The number of nitrogens with two attached hydrogens (primary N) is 1. The first-order chi connectivity index (χ1) is 14.6. The first-order valence-electron chi connectivity index (χ1n) is 9.95. The fourth-order valence-corrected chi connectivity index (χ4v) is 3.41. The lowest BCUT2D eigenvalue weighted by Gasteiger charge is -2.30. The summed E-state index contributed by atoms with van der Waals surface area (Å²) in [6.45, 7) is 5.56. The molecule has 1 heterocycles. The zero-order valence-corrected chi connectivity index (χ0v) is 18.6. The summed E-state index contributed by atoms with van der Waals surface area (Å²) in [5, 5.41) is 19.4. The molecule has 31 heavy (non-hydrogen) atoms. The van der Waals surface area contributed by atoms with Crippen molar-refractivity contribution in [2.45, 2.75) is 52.6 Å². The van der Waals surface area contributed by atoms with Crippen LogP contribution >= 0.6 is 11.6 Å². The molecule has 3 amide bonds. The van der Waals surface area contributed by atoms with Crippen LogP contribution in [-0.2, 0) is 16.1 Å². The van der Waals surface area contributed by atoms with Crippen LogP contribution in [0, 0.1) is 16.7 Å². The number of primary amides is 1. The number of nitriles is 1. The second-order valence-corrected chi connectivity index (χ2v) is 8.69. The Bertz CT molecular complexity index is 1020. The summed E-state index contributed by atoms with van der Waals surface area (Å²) < 4.78 is 1.66. The van der Waals surface area contributed by atoms with E-state index in [1.165, 1.54) is 0 Å². The van der Waals surface area contributed by atoms with Gasteiger partial charge in [0.2, 0.25) is 11.8 Å². The fourth-order valence-electron chi connectivity index (χ4n) is 3.14. The van der Waals surface area contributed by atoms with Gasteiger partial charge in [0.25, 0.3) is 5.91 Å². The van der Waals surface area contributed by atoms with E-state index in [0.717, 1.165) is 0 Å². The van der Waals surface area contributed by atoms with Crippen LogP contribution in [0.25, 0.3) is 10.9 Å². The van der Waals surface area contributed by atoms with Crippen molar-refractivity contribution in [3.05, 3.63) is 28.9 Å². The quantitative estimate of drug-likeness (QED) is 0.505. The molecule has 2 rings (SSSR count). The van der Waals surface area contributed by atoms with Gasteiger partial charge in [-0.15, -0.1) is 0 Å². The van der Waals surface area contributed by atoms with Crippen molar-refractivity contribution in [2.75, 3.05) is 6.54 Å². The normalized spacial score (nSPS) is 12.2. The number of nitrogens with one attached hydrogen (secondary N) is 2. The summed E-state index contributed by atoms with van der Waals surface area (Å²) in [5.74, 6) is -1.72. The summed E-state index contributed by atoms with van der Waals surface area (Å²) in [7, 11) is 0. The molecule has 166 valence electrons. The highest BCUT2D eigenvalue weighted by Crippen LogP contribution is 2.27. The Labute approximate surface area is 185 Å². The minimum absolute atomic E-state index is 0.148. The summed E-state index contributed by atoms with van der Waals surface area (Å²) in [6, 6.07) is 6.37. The number of fused-ring (bicyclic) bond motifs is 1. The van der Waals surface area contributed by atoms with E-state index in [-0.39, 0.29) is 12.2 Å². The average molecular weight is 447 g/mol. The van der Waals surface area contributed by atoms with Gasteiger partial charge >= 0.3 is 0 Å². The predicted molar refractivity (Wildman–Crippen MR) is 117 cm³/mol. The van der Waals surface area contributed by atoms with E-state index in [1.54, 1.807) is 43.7 Å². The molecular weight excluding hydrogens is 420 g/mol. The highest BCUT2D eigenvalue weighted by atomic mass is 35.5. The smallest absolute Gasteiger partial charge is 0.273 e. The molecule has 0 radical (unpaired) electrons. The molecule has 0 fully saturated rings. The molecule has 0 saturated carbocycles. The highest BCUT2D eigenvalue weighted by Gasteiger charge is 2.34. The standard InChI is InChI=1S/C21H27ClN6O3/c1-21(2,3)18(20(31)25-12-15(24)29)26-19(30)16-13-8-7-9-14(22)17(13)28(27-16)11-6-4-5-10-23/h7-9,18H,4-6,11-12H2,1-3H3,(H2,24,29)(H,25,31)(H,26,30). The lowest BCUT2D eigenvalue weighted by Crippen LogP contribution is -2.54. The molecule has 4 N–H and O–H groups in total. The van der Waals surface area contributed by atoms with E-state index in [4.69, 9.17) is 22.6 Å². The second-order valence-electron chi connectivity index (χ2n) is 8.28. The second kappa shape index (κ2) is 10.3. The highest BCUT2D eigenvalue weighted by molar-refractivity contribution is 6.35. The number of unbranched alkanes of at least 4 members (excludes halogenated alkanes) is 2. The van der Waals surface area contributed by atoms with Gasteiger partial charge in [-0.2, -0.15) is 10.4 Å². The van der Waals surface area contributed by atoms with E-state index in [0.29, 0.717) is 41.7 Å². The fraction of sp³-hybridized carbons (Fsp3) is 0.476. The number of amides is 3. The molecule has 1 aromatic carbocycles. The van der Waals surface area contributed by atoms with Crippen molar-refractivity contribution < 1.29 is 14.4 Å². The maximum Gasteiger partial charge on any atom is 0.273 e. The molecule has 1 unspecified atom stereocenters. The van der Waals surface area contributed by atoms with Crippen molar-refractivity contribution in [1.82, 2.24) is 20.4 Å². The van der Waals surface area contributed by atoms with Crippen LogP contribution in [0.5, 0.6) is 0 Å². The van der Waals surface area contributed by atoms with Crippen LogP contribution in [0.4, 0.5) is 0 Å². The minimum atomic E-state index is -0.922. The third-order valence-electron chi connectivity index (χ3n) is 4.68. The number of aromatic nitrogens is 2. The number of carbonyl (C=O) groups excluding carboxylic acids is 3. The van der Waals surface area contributed by atoms with E-state index >= 15 is 0 Å². The van der Waals surface area contributed by atoms with Crippen molar-refractivity contribution in [1.29, 1.82) is 5.26 Å². The Morgan fingerprint density at radius 2 is 2.00 bits per heavy atom. The number of aryl methyl sites for hydroxylation is 1. The minimum Gasteiger partial charge on any atom is -0.368 e. The van der Waals surface area contributed by atoms with Gasteiger partial charge < -0.3 is 16.4 Å². The average Bonchev–Trinajstić information content (AvgIpc) is 3.06. The van der Waals surface area contributed by atoms with Gasteiger partial charge in [-0.3, -0.25) is 19.1 Å². The maximum absolute atomic E-state index is 13.1. The van der Waals surface area contributed by atoms with Crippen LogP contribution in [-0.4, -0.2) is 40.1 Å². The third-order valence-corrected chi connectivity index (χ3v) is 4.99. The van der Waals surface area contributed by atoms with Gasteiger partial charge in [0.05, 0.1) is 23.2 Å². The van der Waals surface area contributed by atoms with Crippen LogP contribution in [0.1, 0.15) is 50.5 Å². The molecular formula is C21H27ClN6O3. The first kappa shape index (κ1) is 24.2. The van der Waals surface area contributed by atoms with Crippen LogP contribution in [0.2, 0.25) is 5.02 Å². The van der Waals surface area contributed by atoms with Crippen molar-refractivity contribution in [2.24, 2.45) is 11.1 Å². The van der Waals surface area contributed by atoms with Crippen molar-refractivity contribution in [3.63, 3.8) is 0 Å². The number of hydrogen-bond acceptors (Lipinski definition) is 5. The van der Waals surface area contributed by atoms with Gasteiger partial charge in [0, 0.05) is 18.4 Å². The molecule has 0 saturated heterocycles. The Hall–Kier alpha value is -3.12. The number of carbonyl (C=O) groups is 3. The molecule has 0 aliphatic carbocycles. The lowest BCUT2D eigenvalue weighted by atomic mass is 9.86. The zero-order chi connectivity index (χ0) is 23.2. The van der Waals surface area contributed by atoms with Gasteiger partial charge in [-0.1, -0.05) is 44.5 Å². The third kappa shape index (κ3) is 6.18. The molecule has 0 aliphatic heterocycles. The largest absolute Gasteiger partial charge is 0.368 e. The summed E-state index contributed by atoms with van der Waals surface area (Å²) in [5.41, 5.74) is 5.23. The molecule has 2 aromatic rings. The number of hydrogen-bond donors (Lipinski definition) is 3. The summed E-state index contributed by atoms with van der Waals surface area (Å²) >= 11 is 6.37. The lowest BCUT2D eigenvalue weighted by molar-refractivity contribution is -0.128. The zero-order valence-electron chi connectivity index (χ0n) is 17.9. The Morgan fingerprint density at radius 1 is 1.29 bits per heavy atom. The summed E-state index contributed by atoms with van der Waals surface area (Å²) in [6.07, 6.45) is 1.85. The van der Waals surface area contributed by atoms with Gasteiger partial charge in [0.1, 0.15) is 6.04 Å². The number of halogens is 1. The van der Waals surface area contributed by atoms with E-state index in [2.05, 4.69) is 21.8 Å². The van der Waals surface area contributed by atoms with Crippen LogP contribution < -0.4 is 16.4 Å². The molecule has 0 bridgehead atoms. The molecule has 10 heteroatoms. The number of para-hydroxylation sites is 1. The molecule has 1 atom stereocenters. The monoisotopic (exact) mass is 446 g/mol. The molecule has 0 spiro atoms. The van der Waals surface area contributed by atoms with E-state index < -0.39 is 29.2 Å². The molecule has 0 aliphatic rings. The number of nitrogens with zero attached hydrogens (tertiary/aromatic N) is 3. The predicted octanol–water partition coefficient (Wildman–Crippen LogP) is 2.13. The SMILES string of the molecule is CC(C)(C)C(NC(=O)c1nn(CCCCC#N)c2c(Cl)cccc12)C(=O)NCC(N)=O. The maximum atomic E-state index is 13.1. The summed E-state index contributed by atoms with van der Waals surface area (Å²) in [4.78, 5) is 36.7.